The molecule has 0 radical (unpaired) electrons. The van der Waals surface area contributed by atoms with Crippen LogP contribution in [0.1, 0.15) is 12.8 Å². The minimum Gasteiger partial charge on any atom is -0.480 e. The molecule has 1 saturated heterocycles. The quantitative estimate of drug-likeness (QED) is 0.282. The second-order valence-corrected chi connectivity index (χ2v) is 4.74. The van der Waals surface area contributed by atoms with Gasteiger partial charge in [-0.1, -0.05) is 0 Å². The highest BCUT2D eigenvalue weighted by atomic mass is 16.4. The third-order valence-corrected chi connectivity index (χ3v) is 3.32. The number of rotatable bonds is 7. The summed E-state index contributed by atoms with van der Waals surface area (Å²) in [4.78, 5) is 23.4. The van der Waals surface area contributed by atoms with Crippen LogP contribution >= 0.6 is 0 Å². The Hall–Kier alpha value is -1.26. The van der Waals surface area contributed by atoms with Gasteiger partial charge in [-0.05, 0) is 6.42 Å². The van der Waals surface area contributed by atoms with Crippen LogP contribution in [0.4, 0.5) is 0 Å². The molecule has 5 unspecified atom stereocenters. The first kappa shape index (κ1) is 16.8. The van der Waals surface area contributed by atoms with Gasteiger partial charge in [0, 0.05) is 6.42 Å². The number of carboxylic acids is 1. The number of amides is 1. The van der Waals surface area contributed by atoms with Crippen LogP contribution in [0.3, 0.4) is 0 Å². The van der Waals surface area contributed by atoms with Gasteiger partial charge in [0.05, 0.1) is 13.2 Å². The summed E-state index contributed by atoms with van der Waals surface area (Å²) in [5, 5.41) is 55.5. The molecule has 0 spiro atoms. The first-order valence-electron chi connectivity index (χ1n) is 6.15. The highest BCUT2D eigenvalue weighted by molar-refractivity contribution is 5.87. The lowest BCUT2D eigenvalue weighted by molar-refractivity contribution is -0.150. The van der Waals surface area contributed by atoms with Crippen LogP contribution < -0.4 is 0 Å². The van der Waals surface area contributed by atoms with Crippen molar-refractivity contribution in [3.63, 3.8) is 0 Å². The SMILES string of the molecule is O=C(O)C1CCC(=O)N1CC(O)C(O)C(O)C(O)CO. The zero-order chi connectivity index (χ0) is 15.4. The van der Waals surface area contributed by atoms with Crippen molar-refractivity contribution in [2.45, 2.75) is 43.3 Å². The fourth-order valence-electron chi connectivity index (χ4n) is 2.09. The van der Waals surface area contributed by atoms with Gasteiger partial charge in [-0.15, -0.1) is 0 Å². The Labute approximate surface area is 114 Å². The molecule has 0 bridgehead atoms. The van der Waals surface area contributed by atoms with Crippen LogP contribution in [-0.2, 0) is 9.59 Å². The van der Waals surface area contributed by atoms with Crippen molar-refractivity contribution < 1.29 is 40.2 Å². The van der Waals surface area contributed by atoms with E-state index in [1.165, 1.54) is 0 Å². The number of aliphatic hydroxyl groups excluding tert-OH is 5. The molecule has 1 aliphatic heterocycles. The fourth-order valence-corrected chi connectivity index (χ4v) is 2.09. The van der Waals surface area contributed by atoms with E-state index in [2.05, 4.69) is 0 Å². The topological polar surface area (TPSA) is 159 Å². The standard InChI is InChI=1S/C11H19NO8/c13-4-7(15)10(18)9(17)6(14)3-12-5(11(19)20)1-2-8(12)16/h5-7,9-10,13-15,17-18H,1-4H2,(H,19,20). The Morgan fingerprint density at radius 3 is 2.25 bits per heavy atom. The number of aliphatic hydroxyl groups is 5. The van der Waals surface area contributed by atoms with Gasteiger partial charge in [0.1, 0.15) is 30.5 Å². The van der Waals surface area contributed by atoms with Crippen LogP contribution in [-0.4, -0.2) is 91.0 Å². The number of carbonyl (C=O) groups excluding carboxylic acids is 1. The van der Waals surface area contributed by atoms with E-state index < -0.39 is 55.5 Å². The summed E-state index contributed by atoms with van der Waals surface area (Å²) in [5.41, 5.74) is 0. The Kier molecular flexibility index (Phi) is 5.84. The van der Waals surface area contributed by atoms with E-state index in [9.17, 15) is 24.9 Å². The molecule has 0 aromatic carbocycles. The van der Waals surface area contributed by atoms with Crippen molar-refractivity contribution in [1.29, 1.82) is 0 Å². The molecule has 1 aliphatic rings. The number of aliphatic carboxylic acids is 1. The first-order chi connectivity index (χ1) is 9.29. The summed E-state index contributed by atoms with van der Waals surface area (Å²) in [7, 11) is 0. The lowest BCUT2D eigenvalue weighted by Crippen LogP contribution is -2.52. The van der Waals surface area contributed by atoms with Crippen LogP contribution in [0.25, 0.3) is 0 Å². The molecule has 0 aromatic heterocycles. The number of hydrogen-bond donors (Lipinski definition) is 6. The molecular formula is C11H19NO8. The molecule has 20 heavy (non-hydrogen) atoms. The maximum Gasteiger partial charge on any atom is 0.326 e. The number of carbonyl (C=O) groups is 2. The lowest BCUT2D eigenvalue weighted by atomic mass is 10.0. The highest BCUT2D eigenvalue weighted by Gasteiger charge is 2.39. The van der Waals surface area contributed by atoms with Crippen molar-refractivity contribution in [3.8, 4) is 0 Å². The maximum atomic E-state index is 11.5. The third kappa shape index (κ3) is 3.64. The molecule has 6 N–H and O–H groups in total. The minimum atomic E-state index is -1.82. The van der Waals surface area contributed by atoms with Gasteiger partial charge in [0.25, 0.3) is 0 Å². The van der Waals surface area contributed by atoms with Crippen LogP contribution in [0.5, 0.6) is 0 Å². The van der Waals surface area contributed by atoms with E-state index in [4.69, 9.17) is 15.3 Å². The summed E-state index contributed by atoms with van der Waals surface area (Å²) < 4.78 is 0. The molecular weight excluding hydrogens is 274 g/mol. The summed E-state index contributed by atoms with van der Waals surface area (Å²) in [6, 6.07) is -1.08. The smallest absolute Gasteiger partial charge is 0.326 e. The van der Waals surface area contributed by atoms with Crippen molar-refractivity contribution in [3.05, 3.63) is 0 Å². The molecule has 1 fully saturated rings. The monoisotopic (exact) mass is 293 g/mol. The predicted octanol–water partition coefficient (Wildman–Crippen LogP) is -3.50. The molecule has 0 aliphatic carbocycles. The Balaban J connectivity index is 2.66. The zero-order valence-electron chi connectivity index (χ0n) is 10.7. The summed E-state index contributed by atoms with van der Waals surface area (Å²) in [6.07, 6.45) is -6.78. The van der Waals surface area contributed by atoms with Gasteiger partial charge in [0.2, 0.25) is 5.91 Å². The molecule has 1 heterocycles. The van der Waals surface area contributed by atoms with Crippen molar-refractivity contribution in [1.82, 2.24) is 4.90 Å². The second kappa shape index (κ2) is 6.95. The first-order valence-corrected chi connectivity index (χ1v) is 6.15. The molecule has 0 saturated carbocycles. The van der Waals surface area contributed by atoms with E-state index in [-0.39, 0.29) is 12.8 Å². The number of β-amino-alcohol motifs (C(OH)–C–C–N with tert-alkyl or cyclic N) is 1. The maximum absolute atomic E-state index is 11.5. The van der Waals surface area contributed by atoms with Crippen molar-refractivity contribution in [2.24, 2.45) is 0 Å². The summed E-state index contributed by atoms with van der Waals surface area (Å²) in [5.74, 6) is -1.69. The average Bonchev–Trinajstić information content (AvgIpc) is 2.77. The van der Waals surface area contributed by atoms with Crippen molar-refractivity contribution >= 4 is 11.9 Å². The average molecular weight is 293 g/mol. The number of nitrogens with zero attached hydrogens (tertiary/aromatic N) is 1. The van der Waals surface area contributed by atoms with Gasteiger partial charge in [0.15, 0.2) is 0 Å². The molecule has 9 heteroatoms. The van der Waals surface area contributed by atoms with Gasteiger partial charge >= 0.3 is 5.97 Å². The Morgan fingerprint density at radius 1 is 1.20 bits per heavy atom. The summed E-state index contributed by atoms with van der Waals surface area (Å²) >= 11 is 0. The van der Waals surface area contributed by atoms with Crippen LogP contribution in [0, 0.1) is 0 Å². The molecule has 1 rings (SSSR count). The number of likely N-dealkylation sites (tertiary alicyclic amines) is 1. The third-order valence-electron chi connectivity index (χ3n) is 3.32. The molecule has 1 amide bonds. The highest BCUT2D eigenvalue weighted by Crippen LogP contribution is 2.20. The number of hydrogen-bond acceptors (Lipinski definition) is 7. The molecule has 116 valence electrons. The van der Waals surface area contributed by atoms with Crippen LogP contribution in [0.2, 0.25) is 0 Å². The fraction of sp³-hybridized carbons (Fsp3) is 0.818. The number of carboxylic acid groups (broad SMARTS) is 1. The minimum absolute atomic E-state index is 0.0294. The molecule has 0 aromatic rings. The van der Waals surface area contributed by atoms with Gasteiger partial charge in [-0.3, -0.25) is 4.79 Å². The summed E-state index contributed by atoms with van der Waals surface area (Å²) in [6.45, 7) is -1.29. The Morgan fingerprint density at radius 2 is 1.75 bits per heavy atom. The van der Waals surface area contributed by atoms with E-state index in [0.717, 1.165) is 4.90 Å². The van der Waals surface area contributed by atoms with Gasteiger partial charge in [-0.25, -0.2) is 4.79 Å². The zero-order valence-corrected chi connectivity index (χ0v) is 10.7. The largest absolute Gasteiger partial charge is 0.480 e. The molecule has 5 atom stereocenters. The normalized spacial score (nSPS) is 25.4. The lowest BCUT2D eigenvalue weighted by Gasteiger charge is -2.30. The Bertz CT molecular complexity index is 362. The van der Waals surface area contributed by atoms with Crippen LogP contribution in [0.15, 0.2) is 0 Å². The van der Waals surface area contributed by atoms with Gasteiger partial charge < -0.3 is 35.5 Å². The van der Waals surface area contributed by atoms with E-state index in [1.807, 2.05) is 0 Å². The van der Waals surface area contributed by atoms with E-state index in [0.29, 0.717) is 0 Å². The van der Waals surface area contributed by atoms with E-state index in [1.54, 1.807) is 0 Å². The van der Waals surface area contributed by atoms with Crippen molar-refractivity contribution in [2.75, 3.05) is 13.2 Å². The molecule has 9 nitrogen and oxygen atoms in total. The van der Waals surface area contributed by atoms with Gasteiger partial charge in [-0.2, -0.15) is 0 Å². The predicted molar refractivity (Wildman–Crippen MR) is 63.5 cm³/mol. The second-order valence-electron chi connectivity index (χ2n) is 4.74. The van der Waals surface area contributed by atoms with E-state index >= 15 is 0 Å².